The summed E-state index contributed by atoms with van der Waals surface area (Å²) in [5, 5.41) is 4.51. The van der Waals surface area contributed by atoms with Crippen LogP contribution >= 0.6 is 11.6 Å². The van der Waals surface area contributed by atoms with Gasteiger partial charge in [0, 0.05) is 42.8 Å². The quantitative estimate of drug-likeness (QED) is 0.817. The van der Waals surface area contributed by atoms with Gasteiger partial charge in [-0.15, -0.1) is 0 Å². The smallest absolute Gasteiger partial charge is 0.227 e. The van der Waals surface area contributed by atoms with Crippen molar-refractivity contribution in [3.63, 3.8) is 0 Å². The third-order valence-corrected chi connectivity index (χ3v) is 4.60. The van der Waals surface area contributed by atoms with Crippen LogP contribution in [0, 0.1) is 6.92 Å². The summed E-state index contributed by atoms with van der Waals surface area (Å²) < 4.78 is 10.6. The molecule has 2 heterocycles. The first-order valence-corrected chi connectivity index (χ1v) is 8.67. The number of amides is 1. The monoisotopic (exact) mass is 363 g/mol. The van der Waals surface area contributed by atoms with Crippen LogP contribution in [0.15, 0.2) is 28.8 Å². The number of halogens is 1. The summed E-state index contributed by atoms with van der Waals surface area (Å²) in [5.41, 5.74) is 1.71. The molecule has 1 aliphatic heterocycles. The Morgan fingerprint density at radius 1 is 1.28 bits per heavy atom. The van der Waals surface area contributed by atoms with Gasteiger partial charge in [-0.2, -0.15) is 0 Å². The molecule has 1 fully saturated rings. The van der Waals surface area contributed by atoms with Crippen molar-refractivity contribution in [3.05, 3.63) is 46.3 Å². The highest BCUT2D eigenvalue weighted by atomic mass is 35.5. The van der Waals surface area contributed by atoms with Crippen molar-refractivity contribution in [1.29, 1.82) is 0 Å². The molecule has 1 aliphatic rings. The van der Waals surface area contributed by atoms with Crippen LogP contribution in [0.1, 0.15) is 17.0 Å². The Kier molecular flexibility index (Phi) is 5.60. The van der Waals surface area contributed by atoms with Gasteiger partial charge in [0.15, 0.2) is 5.76 Å². The molecule has 0 radical (unpaired) electrons. The van der Waals surface area contributed by atoms with E-state index in [4.69, 9.17) is 20.9 Å². The minimum absolute atomic E-state index is 0.0933. The van der Waals surface area contributed by atoms with E-state index in [9.17, 15) is 4.79 Å². The molecule has 1 aromatic heterocycles. The van der Waals surface area contributed by atoms with E-state index in [1.807, 2.05) is 17.9 Å². The number of piperazine rings is 1. The maximum Gasteiger partial charge on any atom is 0.227 e. The second kappa shape index (κ2) is 7.89. The molecule has 1 amide bonds. The van der Waals surface area contributed by atoms with E-state index < -0.39 is 0 Å². The van der Waals surface area contributed by atoms with Crippen LogP contribution in [-0.2, 0) is 17.8 Å². The van der Waals surface area contributed by atoms with Crippen LogP contribution in [0.4, 0.5) is 0 Å². The Hall–Kier alpha value is -2.05. The number of carbonyl (C=O) groups excluding carboxylic acids is 1. The third-order valence-electron chi connectivity index (χ3n) is 4.37. The van der Waals surface area contributed by atoms with E-state index in [0.717, 1.165) is 36.7 Å². The highest BCUT2D eigenvalue weighted by Gasteiger charge is 2.23. The van der Waals surface area contributed by atoms with Crippen LogP contribution in [0.25, 0.3) is 0 Å². The van der Waals surface area contributed by atoms with E-state index in [1.165, 1.54) is 0 Å². The Morgan fingerprint density at radius 3 is 2.68 bits per heavy atom. The Bertz CT molecular complexity index is 739. The van der Waals surface area contributed by atoms with Gasteiger partial charge in [-0.25, -0.2) is 0 Å². The van der Waals surface area contributed by atoms with Gasteiger partial charge in [0.2, 0.25) is 5.91 Å². The Labute approximate surface area is 152 Å². The molecule has 6 nitrogen and oxygen atoms in total. The third kappa shape index (κ3) is 4.52. The first-order chi connectivity index (χ1) is 12.0. The first-order valence-electron chi connectivity index (χ1n) is 8.30. The maximum absolute atomic E-state index is 12.6. The molecule has 1 aromatic carbocycles. The molecule has 0 N–H and O–H groups in total. The van der Waals surface area contributed by atoms with Crippen LogP contribution in [0.3, 0.4) is 0 Å². The van der Waals surface area contributed by atoms with Crippen LogP contribution in [0.5, 0.6) is 5.75 Å². The summed E-state index contributed by atoms with van der Waals surface area (Å²) in [6, 6.07) is 7.30. The number of rotatable bonds is 5. The molecule has 0 unspecified atom stereocenters. The number of hydrogen-bond acceptors (Lipinski definition) is 5. The molecule has 0 spiro atoms. The van der Waals surface area contributed by atoms with E-state index in [-0.39, 0.29) is 5.91 Å². The fraction of sp³-hybridized carbons (Fsp3) is 0.444. The molecule has 1 saturated heterocycles. The standard InChI is InChI=1S/C18H22ClN3O3/c1-13-9-16(25-20-13)12-21-5-7-22(8-6-21)18(23)11-14-10-15(19)3-4-17(14)24-2/h3-4,9-10H,5-8,11-12H2,1-2H3. The zero-order valence-electron chi connectivity index (χ0n) is 14.5. The topological polar surface area (TPSA) is 58.8 Å². The Morgan fingerprint density at radius 2 is 2.04 bits per heavy atom. The lowest BCUT2D eigenvalue weighted by atomic mass is 10.1. The minimum atomic E-state index is 0.0933. The molecule has 7 heteroatoms. The van der Waals surface area contributed by atoms with Crippen molar-refractivity contribution in [3.8, 4) is 5.75 Å². The fourth-order valence-corrected chi connectivity index (χ4v) is 3.22. The second-order valence-corrected chi connectivity index (χ2v) is 6.66. The number of aromatic nitrogens is 1. The SMILES string of the molecule is COc1ccc(Cl)cc1CC(=O)N1CCN(Cc2cc(C)no2)CC1. The molecular formula is C18H22ClN3O3. The maximum atomic E-state index is 12.6. The number of carbonyl (C=O) groups is 1. The van der Waals surface area contributed by atoms with Gasteiger partial charge in [0.1, 0.15) is 5.75 Å². The molecular weight excluding hydrogens is 342 g/mol. The molecule has 25 heavy (non-hydrogen) atoms. The first kappa shape index (κ1) is 17.8. The molecule has 0 aliphatic carbocycles. The van der Waals surface area contributed by atoms with Crippen LogP contribution in [0.2, 0.25) is 5.02 Å². The molecule has 0 atom stereocenters. The van der Waals surface area contributed by atoms with Crippen molar-refractivity contribution in [2.45, 2.75) is 19.9 Å². The zero-order valence-corrected chi connectivity index (χ0v) is 15.3. The lowest BCUT2D eigenvalue weighted by molar-refractivity contribution is -0.132. The lowest BCUT2D eigenvalue weighted by Gasteiger charge is -2.34. The molecule has 2 aromatic rings. The number of hydrogen-bond donors (Lipinski definition) is 0. The van der Waals surface area contributed by atoms with E-state index in [2.05, 4.69) is 10.1 Å². The molecule has 0 bridgehead atoms. The van der Waals surface area contributed by atoms with Crippen molar-refractivity contribution in [2.75, 3.05) is 33.3 Å². The predicted molar refractivity (Wildman–Crippen MR) is 94.8 cm³/mol. The van der Waals surface area contributed by atoms with Crippen LogP contribution in [-0.4, -0.2) is 54.2 Å². The van der Waals surface area contributed by atoms with Gasteiger partial charge >= 0.3 is 0 Å². The van der Waals surface area contributed by atoms with Gasteiger partial charge < -0.3 is 14.2 Å². The highest BCUT2D eigenvalue weighted by Crippen LogP contribution is 2.23. The fourth-order valence-electron chi connectivity index (χ4n) is 3.03. The van der Waals surface area contributed by atoms with Gasteiger partial charge in [-0.1, -0.05) is 16.8 Å². The number of benzene rings is 1. The number of ether oxygens (including phenoxy) is 1. The lowest BCUT2D eigenvalue weighted by Crippen LogP contribution is -2.48. The van der Waals surface area contributed by atoms with Gasteiger partial charge in [0.05, 0.1) is 25.8 Å². The summed E-state index contributed by atoms with van der Waals surface area (Å²) in [6.45, 7) is 5.68. The average molecular weight is 364 g/mol. The van der Waals surface area contributed by atoms with E-state index in [1.54, 1.807) is 25.3 Å². The van der Waals surface area contributed by atoms with Gasteiger partial charge in [0.25, 0.3) is 0 Å². The largest absolute Gasteiger partial charge is 0.496 e. The normalized spacial score (nSPS) is 15.4. The zero-order chi connectivity index (χ0) is 17.8. The number of nitrogens with zero attached hydrogens (tertiary/aromatic N) is 3. The van der Waals surface area contributed by atoms with Crippen molar-refractivity contribution in [2.24, 2.45) is 0 Å². The number of aryl methyl sites for hydroxylation is 1. The summed E-state index contributed by atoms with van der Waals surface area (Å²) in [4.78, 5) is 16.8. The Balaban J connectivity index is 1.54. The molecule has 0 saturated carbocycles. The minimum Gasteiger partial charge on any atom is -0.496 e. The van der Waals surface area contributed by atoms with Gasteiger partial charge in [-0.3, -0.25) is 9.69 Å². The summed E-state index contributed by atoms with van der Waals surface area (Å²) >= 11 is 6.04. The number of methoxy groups -OCH3 is 1. The van der Waals surface area contributed by atoms with Crippen molar-refractivity contribution < 1.29 is 14.1 Å². The van der Waals surface area contributed by atoms with Crippen molar-refractivity contribution >= 4 is 17.5 Å². The van der Waals surface area contributed by atoms with Crippen LogP contribution < -0.4 is 4.74 Å². The summed E-state index contributed by atoms with van der Waals surface area (Å²) in [7, 11) is 1.60. The van der Waals surface area contributed by atoms with E-state index >= 15 is 0 Å². The summed E-state index contributed by atoms with van der Waals surface area (Å²) in [5.74, 6) is 1.65. The summed E-state index contributed by atoms with van der Waals surface area (Å²) in [6.07, 6.45) is 0.297. The average Bonchev–Trinajstić information content (AvgIpc) is 3.00. The molecule has 3 rings (SSSR count). The molecule has 134 valence electrons. The van der Waals surface area contributed by atoms with Gasteiger partial charge in [-0.05, 0) is 25.1 Å². The second-order valence-electron chi connectivity index (χ2n) is 6.22. The predicted octanol–water partition coefficient (Wildman–Crippen LogP) is 2.53. The highest BCUT2D eigenvalue weighted by molar-refractivity contribution is 6.30. The van der Waals surface area contributed by atoms with Crippen molar-refractivity contribution in [1.82, 2.24) is 15.0 Å². The van der Waals surface area contributed by atoms with E-state index in [0.29, 0.717) is 30.3 Å².